The Balaban J connectivity index is 1.05. The summed E-state index contributed by atoms with van der Waals surface area (Å²) in [5, 5.41) is 5.83. The van der Waals surface area contributed by atoms with E-state index >= 15 is 0 Å². The van der Waals surface area contributed by atoms with Gasteiger partial charge in [0.05, 0.1) is 54.2 Å². The van der Waals surface area contributed by atoms with E-state index in [1.54, 1.807) is 74.9 Å². The fraction of sp³-hybridized carbons (Fsp3) is 0.341. The number of ether oxygens (including phenoxy) is 4. The molecular weight excluding hydrogens is 958 g/mol. The van der Waals surface area contributed by atoms with E-state index in [0.29, 0.717) is 16.5 Å². The third-order valence-corrected chi connectivity index (χ3v) is 14.1. The number of methoxy groups -OCH3 is 2. The highest BCUT2D eigenvalue weighted by molar-refractivity contribution is 8.02. The maximum Gasteiger partial charge on any atom is 0.378 e. The van der Waals surface area contributed by atoms with E-state index in [1.807, 2.05) is 0 Å². The van der Waals surface area contributed by atoms with Gasteiger partial charge in [0.1, 0.15) is 30.4 Å². The molecule has 0 bridgehead atoms. The van der Waals surface area contributed by atoms with Gasteiger partial charge in [-0.05, 0) is 60.9 Å². The van der Waals surface area contributed by atoms with Crippen molar-refractivity contribution in [3.8, 4) is 23.0 Å². The van der Waals surface area contributed by atoms with Crippen molar-refractivity contribution in [3.05, 3.63) is 98.5 Å². The van der Waals surface area contributed by atoms with Crippen molar-refractivity contribution in [2.75, 3.05) is 33.9 Å². The van der Waals surface area contributed by atoms with Gasteiger partial charge in [-0.1, -0.05) is 59.7 Å². The Hall–Kier alpha value is -6.78. The Morgan fingerprint density at radius 2 is 1.58 bits per heavy atom. The maximum absolute atomic E-state index is 14.1. The molecule has 1 N–H and O–H groups in total. The van der Waals surface area contributed by atoms with Crippen LogP contribution in [0.25, 0.3) is 0 Å². The number of hydrazine groups is 1. The zero-order valence-corrected chi connectivity index (χ0v) is 39.7. The zero-order chi connectivity index (χ0) is 49.6. The van der Waals surface area contributed by atoms with E-state index in [1.165, 1.54) is 35.5 Å². The van der Waals surface area contributed by atoms with Crippen molar-refractivity contribution >= 4 is 97.9 Å². The minimum absolute atomic E-state index is 0.0124. The van der Waals surface area contributed by atoms with Crippen molar-refractivity contribution in [1.29, 1.82) is 0 Å². The lowest BCUT2D eigenvalue weighted by molar-refractivity contribution is -0.153. The largest absolute Gasteiger partial charge is 0.541 e. The molecule has 4 atom stereocenters. The lowest BCUT2D eigenvalue weighted by atomic mass is 9.90. The minimum Gasteiger partial charge on any atom is -0.541 e. The molecule has 1 aromatic heterocycles. The van der Waals surface area contributed by atoms with Crippen LogP contribution >= 0.6 is 34.7 Å². The number of urea groups is 1. The fourth-order valence-corrected chi connectivity index (χ4v) is 10.1. The van der Waals surface area contributed by atoms with Gasteiger partial charge in [-0.25, -0.2) is 19.6 Å². The predicted molar refractivity (Wildman–Crippen MR) is 249 cm³/mol. The summed E-state index contributed by atoms with van der Waals surface area (Å²) < 4.78 is 31.6. The van der Waals surface area contributed by atoms with E-state index in [2.05, 4.69) is 24.9 Å². The third-order valence-electron chi connectivity index (χ3n) is 11.2. The minimum atomic E-state index is -1.93. The number of hydrogen-bond acceptors (Lipinski definition) is 18. The number of β-lactam (4-membered cyclic amide) rings is 1. The number of amides is 4. The van der Waals surface area contributed by atoms with Crippen LogP contribution in [-0.2, 0) is 51.3 Å². The van der Waals surface area contributed by atoms with Crippen LogP contribution in [0, 0.1) is 12.8 Å². The Morgan fingerprint density at radius 1 is 0.928 bits per heavy atom. The number of rotatable bonds is 21. The molecular formula is C44H41B2ClN6O14S2. The van der Waals surface area contributed by atoms with Crippen LogP contribution in [0.5, 0.6) is 23.0 Å². The Labute approximate surface area is 410 Å². The summed E-state index contributed by atoms with van der Waals surface area (Å²) >= 11 is 8.89. The number of nitrogens with zero attached hydrogens (tertiary/aromatic N) is 5. The van der Waals surface area contributed by atoms with Crippen molar-refractivity contribution in [2.24, 2.45) is 11.1 Å². The average molecular weight is 999 g/mol. The monoisotopic (exact) mass is 998 g/mol. The first-order valence-electron chi connectivity index (χ1n) is 20.9. The molecule has 4 amide bonds. The number of halogens is 1. The molecule has 69 heavy (non-hydrogen) atoms. The summed E-state index contributed by atoms with van der Waals surface area (Å²) in [6.07, 6.45) is -1.56. The maximum atomic E-state index is 14.1. The highest BCUT2D eigenvalue weighted by Gasteiger charge is 2.66. The predicted octanol–water partition coefficient (Wildman–Crippen LogP) is 3.87. The van der Waals surface area contributed by atoms with Gasteiger partial charge in [-0.3, -0.25) is 34.3 Å². The molecule has 25 heteroatoms. The number of oxime groups is 1. The number of nitrogens with one attached hydrogen (secondary N) is 1. The first kappa shape index (κ1) is 50.1. The second-order valence-electron chi connectivity index (χ2n) is 15.4. The van der Waals surface area contributed by atoms with Crippen molar-refractivity contribution < 1.29 is 66.7 Å². The van der Waals surface area contributed by atoms with Crippen LogP contribution in [0.15, 0.2) is 71.2 Å². The SMILES string of the molecule is [B]OC(=O)[C@H](CC)O/N=C(\C(=O)C[C@@H]1C(=O)N2C[C@@](C(=O)O[B])(N3CCN(NC(=O)C(=O)c4ccc(OCc5ccc(OC)cc5)c(OCc5ccc(OC)cc5)c4Cl)C3=O)S[C@H]12)c1csc(C)n1. The molecule has 0 spiro atoms. The molecule has 3 aliphatic rings. The molecule has 0 saturated carbocycles. The second kappa shape index (κ2) is 21.7. The number of carbonyl (C=O) groups excluding carboxylic acids is 7. The summed E-state index contributed by atoms with van der Waals surface area (Å²) in [6.45, 7) is 2.58. The van der Waals surface area contributed by atoms with Crippen molar-refractivity contribution in [1.82, 2.24) is 25.2 Å². The van der Waals surface area contributed by atoms with Crippen LogP contribution in [0.4, 0.5) is 4.79 Å². The van der Waals surface area contributed by atoms with E-state index in [9.17, 15) is 33.6 Å². The molecule has 3 saturated heterocycles. The highest BCUT2D eigenvalue weighted by atomic mass is 35.5. The quantitative estimate of drug-likeness (QED) is 0.0312. The fourth-order valence-electron chi connectivity index (χ4n) is 7.51. The van der Waals surface area contributed by atoms with Gasteiger partial charge in [-0.15, -0.1) is 11.3 Å². The van der Waals surface area contributed by atoms with Gasteiger partial charge in [-0.2, -0.15) is 0 Å². The highest BCUT2D eigenvalue weighted by Crippen LogP contribution is 2.53. The van der Waals surface area contributed by atoms with Crippen molar-refractivity contribution in [3.63, 3.8) is 0 Å². The topological polar surface area (TPSA) is 231 Å². The van der Waals surface area contributed by atoms with Crippen LogP contribution in [0.3, 0.4) is 0 Å². The lowest BCUT2D eigenvalue weighted by Gasteiger charge is -2.40. The van der Waals surface area contributed by atoms with Crippen LogP contribution < -0.4 is 24.4 Å². The summed E-state index contributed by atoms with van der Waals surface area (Å²) in [5.41, 5.74) is 3.40. The van der Waals surface area contributed by atoms with Crippen molar-refractivity contribution in [2.45, 2.75) is 56.3 Å². The summed E-state index contributed by atoms with van der Waals surface area (Å²) in [7, 11) is 13.5. The number of aromatic nitrogens is 1. The number of benzene rings is 3. The lowest BCUT2D eigenvalue weighted by Crippen LogP contribution is -2.60. The average Bonchev–Trinajstić information content (AvgIpc) is 4.08. The number of aryl methyl sites for hydroxylation is 1. The van der Waals surface area contributed by atoms with Gasteiger partial charge in [0, 0.05) is 18.3 Å². The Bertz CT molecular complexity index is 2680. The van der Waals surface area contributed by atoms with Crippen LogP contribution in [0.2, 0.25) is 5.02 Å². The number of carbonyl (C=O) groups is 7. The molecule has 7 rings (SSSR count). The molecule has 4 radical (unpaired) electrons. The summed E-state index contributed by atoms with van der Waals surface area (Å²) in [5.74, 6) is -5.21. The molecule has 20 nitrogen and oxygen atoms in total. The van der Waals surface area contributed by atoms with Gasteiger partial charge >= 0.3 is 40.0 Å². The smallest absolute Gasteiger partial charge is 0.378 e. The third kappa shape index (κ3) is 10.5. The van der Waals surface area contributed by atoms with Gasteiger partial charge in [0.2, 0.25) is 16.9 Å². The summed E-state index contributed by atoms with van der Waals surface area (Å²) in [4.78, 5) is 105. The number of hydrogen-bond donors (Lipinski definition) is 1. The number of Topliss-reactive ketones (excluding diaryl/α,β-unsaturated/α-hetero) is 2. The van der Waals surface area contributed by atoms with Gasteiger partial charge in [0.15, 0.2) is 23.0 Å². The standard InChI is InChI=1S/C44H41B2ClN6O14S2/c1-5-32(41(58)65-45)67-50-35(30-21-68-23(2)48-30)31(54)18-29-39(57)51-22-44(42(59)66-46,69-40(29)51)52-16-17-53(43(52)60)49-38(56)36(55)28-14-15-33(63-19-24-6-10-26(61-3)11-7-24)37(34(28)47)64-20-25-8-12-27(62-4)13-9-25/h6-15,21,29,32,40H,5,16-20,22H2,1-4H3,(H,49,56)/b50-35-/t29-,32+,40-,44-/m1/s1. The zero-order valence-electron chi connectivity index (χ0n) is 37.3. The molecule has 4 aromatic rings. The second-order valence-corrected chi connectivity index (χ2v) is 18.2. The first-order valence-corrected chi connectivity index (χ1v) is 23.1. The van der Waals surface area contributed by atoms with Gasteiger partial charge < -0.3 is 38.0 Å². The molecule has 4 heterocycles. The summed E-state index contributed by atoms with van der Waals surface area (Å²) in [6, 6.07) is 16.0. The van der Waals surface area contributed by atoms with Crippen LogP contribution in [0.1, 0.15) is 52.0 Å². The molecule has 0 unspecified atom stereocenters. The number of fused-ring (bicyclic) bond motifs is 1. The molecule has 356 valence electrons. The molecule has 3 fully saturated rings. The molecule has 0 aliphatic carbocycles. The normalized spacial score (nSPS) is 19.0. The van der Waals surface area contributed by atoms with E-state index in [-0.39, 0.29) is 72.8 Å². The first-order chi connectivity index (χ1) is 33.2. The van der Waals surface area contributed by atoms with E-state index in [0.717, 1.165) is 32.8 Å². The van der Waals surface area contributed by atoms with Gasteiger partial charge in [0.25, 0.3) is 5.78 Å². The van der Waals surface area contributed by atoms with Crippen LogP contribution in [-0.4, -0.2) is 133 Å². The Morgan fingerprint density at radius 3 is 2.16 bits per heavy atom. The molecule has 3 aromatic carbocycles. The number of thiazole rings is 1. The van der Waals surface area contributed by atoms with E-state index < -0.39 is 70.0 Å². The number of thioether (sulfide) groups is 1. The Kier molecular flexibility index (Phi) is 15.7. The number of ketones is 2. The van der Waals surface area contributed by atoms with E-state index in [4.69, 9.17) is 51.5 Å². The molecule has 3 aliphatic heterocycles.